The molecule has 1 atom stereocenters. The van der Waals surface area contributed by atoms with E-state index in [1.54, 1.807) is 0 Å². The van der Waals surface area contributed by atoms with Crippen LogP contribution < -0.4 is 5.32 Å². The van der Waals surface area contributed by atoms with Gasteiger partial charge in [-0.15, -0.1) is 0 Å². The van der Waals surface area contributed by atoms with Crippen molar-refractivity contribution in [1.82, 2.24) is 4.98 Å². The average Bonchev–Trinajstić information content (AvgIpc) is 2.54. The van der Waals surface area contributed by atoms with Gasteiger partial charge in [0.1, 0.15) is 5.82 Å². The maximum atomic E-state index is 4.48. The molecule has 0 fully saturated rings. The fraction of sp³-hybridized carbons (Fsp3) is 0.167. The third kappa shape index (κ3) is 3.08. The molecule has 1 N–H and O–H groups in total. The minimum absolute atomic E-state index is 0.440. The zero-order valence-electron chi connectivity index (χ0n) is 11.9. The summed E-state index contributed by atoms with van der Waals surface area (Å²) in [7, 11) is 0. The Hall–Kier alpha value is -1.87. The van der Waals surface area contributed by atoms with E-state index in [1.807, 2.05) is 24.4 Å². The second kappa shape index (κ2) is 6.27. The van der Waals surface area contributed by atoms with E-state index in [4.69, 9.17) is 0 Å². The summed E-state index contributed by atoms with van der Waals surface area (Å²) in [6.07, 6.45) is 1.85. The molecule has 0 aliphatic rings. The largest absolute Gasteiger partial charge is 0.369 e. The summed E-state index contributed by atoms with van der Waals surface area (Å²) in [6, 6.07) is 18.8. The van der Waals surface area contributed by atoms with Gasteiger partial charge in [-0.2, -0.15) is 0 Å². The van der Waals surface area contributed by atoms with Crippen LogP contribution >= 0.6 is 15.9 Å². The number of halogens is 1. The lowest BCUT2D eigenvalue weighted by Crippen LogP contribution is -2.11. The molecule has 106 valence electrons. The van der Waals surface area contributed by atoms with Crippen LogP contribution in [0.1, 0.15) is 18.4 Å². The van der Waals surface area contributed by atoms with E-state index in [0.29, 0.717) is 5.92 Å². The molecule has 1 heterocycles. The van der Waals surface area contributed by atoms with Crippen LogP contribution in [-0.4, -0.2) is 11.5 Å². The minimum atomic E-state index is 0.440. The molecule has 2 aromatic carbocycles. The van der Waals surface area contributed by atoms with Crippen molar-refractivity contribution in [2.75, 3.05) is 11.9 Å². The van der Waals surface area contributed by atoms with Crippen molar-refractivity contribution in [2.45, 2.75) is 12.8 Å². The number of benzene rings is 2. The first kappa shape index (κ1) is 14.1. The van der Waals surface area contributed by atoms with Gasteiger partial charge in [0.2, 0.25) is 0 Å². The normalized spacial score (nSPS) is 12.3. The first-order valence-corrected chi connectivity index (χ1v) is 7.87. The number of anilines is 1. The van der Waals surface area contributed by atoms with Crippen molar-refractivity contribution in [3.8, 4) is 0 Å². The van der Waals surface area contributed by atoms with Crippen molar-refractivity contribution in [3.63, 3.8) is 0 Å². The van der Waals surface area contributed by atoms with Crippen LogP contribution in [0.15, 0.2) is 65.3 Å². The fourth-order valence-corrected chi connectivity index (χ4v) is 2.96. The predicted octanol–water partition coefficient (Wildman–Crippen LogP) is 5.21. The van der Waals surface area contributed by atoms with Crippen LogP contribution in [-0.2, 0) is 0 Å². The van der Waals surface area contributed by atoms with Gasteiger partial charge in [0, 0.05) is 28.0 Å². The number of pyridine rings is 1. The molecule has 21 heavy (non-hydrogen) atoms. The van der Waals surface area contributed by atoms with E-state index in [9.17, 15) is 0 Å². The van der Waals surface area contributed by atoms with E-state index in [1.165, 1.54) is 10.9 Å². The number of hydrogen-bond donors (Lipinski definition) is 1. The standard InChI is InChI=1S/C18H17BrN2/c1-13(14-6-3-2-4-7-14)12-21-18-16-8-5-9-17(19)15(16)10-11-20-18/h2-11,13H,12H2,1H3,(H,20,21). The Morgan fingerprint density at radius 3 is 2.62 bits per heavy atom. The Balaban J connectivity index is 1.81. The van der Waals surface area contributed by atoms with Gasteiger partial charge in [0.25, 0.3) is 0 Å². The molecule has 0 bridgehead atoms. The van der Waals surface area contributed by atoms with Gasteiger partial charge in [-0.1, -0.05) is 65.3 Å². The summed E-state index contributed by atoms with van der Waals surface area (Å²) < 4.78 is 1.10. The second-order valence-electron chi connectivity index (χ2n) is 5.19. The lowest BCUT2D eigenvalue weighted by atomic mass is 10.0. The Morgan fingerprint density at radius 1 is 1.00 bits per heavy atom. The molecule has 0 radical (unpaired) electrons. The topological polar surface area (TPSA) is 24.9 Å². The van der Waals surface area contributed by atoms with Crippen molar-refractivity contribution in [3.05, 3.63) is 70.8 Å². The second-order valence-corrected chi connectivity index (χ2v) is 6.04. The van der Waals surface area contributed by atoms with Gasteiger partial charge in [-0.3, -0.25) is 0 Å². The number of nitrogens with zero attached hydrogens (tertiary/aromatic N) is 1. The molecule has 0 spiro atoms. The van der Waals surface area contributed by atoms with E-state index in [0.717, 1.165) is 22.2 Å². The summed E-state index contributed by atoms with van der Waals surface area (Å²) >= 11 is 3.59. The van der Waals surface area contributed by atoms with Crippen LogP contribution in [0.25, 0.3) is 10.8 Å². The zero-order valence-corrected chi connectivity index (χ0v) is 13.5. The quantitative estimate of drug-likeness (QED) is 0.704. The molecule has 2 nitrogen and oxygen atoms in total. The first-order valence-electron chi connectivity index (χ1n) is 7.08. The third-order valence-electron chi connectivity index (χ3n) is 3.70. The van der Waals surface area contributed by atoms with Crippen LogP contribution in [0.5, 0.6) is 0 Å². The molecule has 0 saturated carbocycles. The molecule has 0 aliphatic carbocycles. The van der Waals surface area contributed by atoms with Crippen molar-refractivity contribution >= 4 is 32.5 Å². The summed E-state index contributed by atoms with van der Waals surface area (Å²) in [5.74, 6) is 1.38. The van der Waals surface area contributed by atoms with Crippen LogP contribution in [0.3, 0.4) is 0 Å². The lowest BCUT2D eigenvalue weighted by Gasteiger charge is -2.15. The molecule has 3 aromatic rings. The Bertz CT molecular complexity index is 741. The van der Waals surface area contributed by atoms with Crippen LogP contribution in [0.2, 0.25) is 0 Å². The van der Waals surface area contributed by atoms with Crippen molar-refractivity contribution in [1.29, 1.82) is 0 Å². The number of aromatic nitrogens is 1. The van der Waals surface area contributed by atoms with Crippen LogP contribution in [0.4, 0.5) is 5.82 Å². The fourth-order valence-electron chi connectivity index (χ4n) is 2.46. The SMILES string of the molecule is CC(CNc1nccc2c(Br)cccc12)c1ccccc1. The molecule has 0 saturated heterocycles. The van der Waals surface area contributed by atoms with Crippen molar-refractivity contribution in [2.24, 2.45) is 0 Å². The lowest BCUT2D eigenvalue weighted by molar-refractivity contribution is 0.802. The summed E-state index contributed by atoms with van der Waals surface area (Å²) in [4.78, 5) is 4.48. The molecule has 1 aromatic heterocycles. The maximum absolute atomic E-state index is 4.48. The summed E-state index contributed by atoms with van der Waals surface area (Å²) in [6.45, 7) is 3.09. The monoisotopic (exact) mass is 340 g/mol. The van der Waals surface area contributed by atoms with E-state index >= 15 is 0 Å². The van der Waals surface area contributed by atoms with Gasteiger partial charge in [-0.05, 0) is 23.6 Å². The zero-order chi connectivity index (χ0) is 14.7. The molecule has 0 amide bonds. The Kier molecular flexibility index (Phi) is 4.20. The first-order chi connectivity index (χ1) is 10.3. The number of rotatable bonds is 4. The van der Waals surface area contributed by atoms with Gasteiger partial charge in [-0.25, -0.2) is 4.98 Å². The summed E-state index contributed by atoms with van der Waals surface area (Å²) in [5.41, 5.74) is 1.34. The van der Waals surface area contributed by atoms with E-state index in [2.05, 4.69) is 69.6 Å². The summed E-state index contributed by atoms with van der Waals surface area (Å²) in [5, 5.41) is 5.81. The maximum Gasteiger partial charge on any atom is 0.133 e. The highest BCUT2D eigenvalue weighted by atomic mass is 79.9. The highest BCUT2D eigenvalue weighted by Gasteiger charge is 2.08. The average molecular weight is 341 g/mol. The Morgan fingerprint density at radius 2 is 1.81 bits per heavy atom. The van der Waals surface area contributed by atoms with Gasteiger partial charge < -0.3 is 5.32 Å². The van der Waals surface area contributed by atoms with E-state index < -0.39 is 0 Å². The molecular formula is C18H17BrN2. The molecule has 1 unspecified atom stereocenters. The van der Waals surface area contributed by atoms with Gasteiger partial charge in [0.15, 0.2) is 0 Å². The van der Waals surface area contributed by atoms with E-state index in [-0.39, 0.29) is 0 Å². The predicted molar refractivity (Wildman–Crippen MR) is 92.8 cm³/mol. The molecule has 3 heteroatoms. The third-order valence-corrected chi connectivity index (χ3v) is 4.39. The Labute approximate surface area is 133 Å². The molecule has 0 aliphatic heterocycles. The highest BCUT2D eigenvalue weighted by molar-refractivity contribution is 9.10. The minimum Gasteiger partial charge on any atom is -0.369 e. The smallest absolute Gasteiger partial charge is 0.133 e. The molecule has 3 rings (SSSR count). The molecular weight excluding hydrogens is 324 g/mol. The van der Waals surface area contributed by atoms with Crippen molar-refractivity contribution < 1.29 is 0 Å². The van der Waals surface area contributed by atoms with Gasteiger partial charge in [0.05, 0.1) is 0 Å². The van der Waals surface area contributed by atoms with Gasteiger partial charge >= 0.3 is 0 Å². The van der Waals surface area contributed by atoms with Crippen LogP contribution in [0, 0.1) is 0 Å². The number of fused-ring (bicyclic) bond motifs is 1. The number of hydrogen-bond acceptors (Lipinski definition) is 2. The highest BCUT2D eigenvalue weighted by Crippen LogP contribution is 2.28. The number of nitrogens with one attached hydrogen (secondary N) is 1.